The highest BCUT2D eigenvalue weighted by molar-refractivity contribution is 6.67. The highest BCUT2D eigenvalue weighted by Gasteiger charge is 2.09. The van der Waals surface area contributed by atoms with E-state index in [1.165, 1.54) is 18.2 Å². The molecule has 5 heteroatoms. The van der Waals surface area contributed by atoms with E-state index in [4.69, 9.17) is 11.6 Å². The van der Waals surface area contributed by atoms with Gasteiger partial charge in [-0.05, 0) is 40.4 Å². The van der Waals surface area contributed by atoms with Crippen molar-refractivity contribution in [3.05, 3.63) is 81.9 Å². The number of nitro groups is 1. The molecule has 0 aliphatic carbocycles. The SMILES string of the molecule is O=C(Cl)C=C(c1ccccc1)c1ccc([N+](=O)[O-])cc1. The van der Waals surface area contributed by atoms with Crippen LogP contribution in [0.4, 0.5) is 5.69 Å². The molecular formula is C15H10ClNO3. The van der Waals surface area contributed by atoms with E-state index in [1.807, 2.05) is 30.3 Å². The van der Waals surface area contributed by atoms with Crippen molar-refractivity contribution >= 4 is 28.1 Å². The lowest BCUT2D eigenvalue weighted by Gasteiger charge is -2.07. The molecule has 0 unspecified atom stereocenters. The number of non-ortho nitro benzene ring substituents is 1. The van der Waals surface area contributed by atoms with Crippen molar-refractivity contribution in [3.8, 4) is 0 Å². The Hall–Kier alpha value is -2.46. The molecule has 0 saturated carbocycles. The topological polar surface area (TPSA) is 60.2 Å². The highest BCUT2D eigenvalue weighted by Crippen LogP contribution is 2.25. The predicted molar refractivity (Wildman–Crippen MR) is 77.5 cm³/mol. The van der Waals surface area contributed by atoms with Gasteiger partial charge in [-0.1, -0.05) is 30.3 Å². The summed E-state index contributed by atoms with van der Waals surface area (Å²) in [5.41, 5.74) is 2.13. The van der Waals surface area contributed by atoms with Crippen LogP contribution in [0, 0.1) is 10.1 Å². The van der Waals surface area contributed by atoms with Gasteiger partial charge in [0, 0.05) is 18.2 Å². The van der Waals surface area contributed by atoms with Crippen molar-refractivity contribution in [2.24, 2.45) is 0 Å². The first-order chi connectivity index (χ1) is 9.58. The Kier molecular flexibility index (Phi) is 4.27. The summed E-state index contributed by atoms with van der Waals surface area (Å²) < 4.78 is 0. The van der Waals surface area contributed by atoms with Crippen molar-refractivity contribution in [2.45, 2.75) is 0 Å². The van der Waals surface area contributed by atoms with Gasteiger partial charge < -0.3 is 0 Å². The largest absolute Gasteiger partial charge is 0.276 e. The quantitative estimate of drug-likeness (QED) is 0.372. The lowest BCUT2D eigenvalue weighted by molar-refractivity contribution is -0.384. The molecule has 2 rings (SSSR count). The van der Waals surface area contributed by atoms with Crippen LogP contribution in [0.15, 0.2) is 60.7 Å². The van der Waals surface area contributed by atoms with Gasteiger partial charge in [0.25, 0.3) is 5.69 Å². The van der Waals surface area contributed by atoms with Crippen LogP contribution in [0.5, 0.6) is 0 Å². The molecule has 0 amide bonds. The molecule has 0 spiro atoms. The monoisotopic (exact) mass is 287 g/mol. The first kappa shape index (κ1) is 14.0. The number of hydrogen-bond acceptors (Lipinski definition) is 3. The predicted octanol–water partition coefficient (Wildman–Crippen LogP) is 3.79. The first-order valence-electron chi connectivity index (χ1n) is 5.79. The first-order valence-corrected chi connectivity index (χ1v) is 6.17. The minimum Gasteiger partial charge on any atom is -0.276 e. The van der Waals surface area contributed by atoms with Gasteiger partial charge in [0.15, 0.2) is 0 Å². The fraction of sp³-hybridized carbons (Fsp3) is 0. The molecule has 0 radical (unpaired) electrons. The summed E-state index contributed by atoms with van der Waals surface area (Å²) in [4.78, 5) is 21.3. The second-order valence-corrected chi connectivity index (χ2v) is 4.40. The molecule has 0 fully saturated rings. The van der Waals surface area contributed by atoms with Gasteiger partial charge in [0.2, 0.25) is 5.24 Å². The van der Waals surface area contributed by atoms with Crippen LogP contribution in [0.2, 0.25) is 0 Å². The maximum absolute atomic E-state index is 11.2. The van der Waals surface area contributed by atoms with Crippen molar-refractivity contribution in [2.75, 3.05) is 0 Å². The van der Waals surface area contributed by atoms with E-state index in [-0.39, 0.29) is 5.69 Å². The number of benzene rings is 2. The van der Waals surface area contributed by atoms with E-state index in [2.05, 4.69) is 0 Å². The van der Waals surface area contributed by atoms with Crippen molar-refractivity contribution in [1.82, 2.24) is 0 Å². The zero-order chi connectivity index (χ0) is 14.5. The van der Waals surface area contributed by atoms with E-state index in [9.17, 15) is 14.9 Å². The van der Waals surface area contributed by atoms with Crippen LogP contribution in [0.1, 0.15) is 11.1 Å². The Bertz CT molecular complexity index is 663. The summed E-state index contributed by atoms with van der Waals surface area (Å²) in [5, 5.41) is 10.1. The van der Waals surface area contributed by atoms with Gasteiger partial charge in [0.1, 0.15) is 0 Å². The van der Waals surface area contributed by atoms with Gasteiger partial charge in [-0.2, -0.15) is 0 Å². The minimum absolute atomic E-state index is 0.00152. The molecule has 0 atom stereocenters. The van der Waals surface area contributed by atoms with Crippen molar-refractivity contribution in [3.63, 3.8) is 0 Å². The number of carbonyl (C=O) groups is 1. The number of rotatable bonds is 4. The third-order valence-corrected chi connectivity index (χ3v) is 2.84. The molecule has 100 valence electrons. The van der Waals surface area contributed by atoms with Crippen LogP contribution in [0.3, 0.4) is 0 Å². The van der Waals surface area contributed by atoms with Gasteiger partial charge in [-0.25, -0.2) is 0 Å². The zero-order valence-electron chi connectivity index (χ0n) is 10.3. The standard InChI is InChI=1S/C15H10ClNO3/c16-15(18)10-14(11-4-2-1-3-5-11)12-6-8-13(9-7-12)17(19)20/h1-10H. The Morgan fingerprint density at radius 2 is 1.55 bits per heavy atom. The van der Waals surface area contributed by atoms with E-state index in [1.54, 1.807) is 12.1 Å². The zero-order valence-corrected chi connectivity index (χ0v) is 11.1. The van der Waals surface area contributed by atoms with Crippen LogP contribution in [-0.2, 0) is 4.79 Å². The number of nitro benzene ring substituents is 1. The van der Waals surface area contributed by atoms with Crippen LogP contribution >= 0.6 is 11.6 Å². The second-order valence-electron chi connectivity index (χ2n) is 4.03. The molecule has 0 heterocycles. The summed E-state index contributed by atoms with van der Waals surface area (Å²) in [5.74, 6) is 0. The summed E-state index contributed by atoms with van der Waals surface area (Å²) >= 11 is 5.43. The summed E-state index contributed by atoms with van der Waals surface area (Å²) in [7, 11) is 0. The van der Waals surface area contributed by atoms with Crippen LogP contribution < -0.4 is 0 Å². The normalized spacial score (nSPS) is 11.2. The highest BCUT2D eigenvalue weighted by atomic mass is 35.5. The maximum Gasteiger partial charge on any atom is 0.269 e. The molecular weight excluding hydrogens is 278 g/mol. The summed E-state index contributed by atoms with van der Waals surface area (Å²) in [6, 6.07) is 15.2. The molecule has 2 aromatic rings. The molecule has 0 saturated heterocycles. The van der Waals surface area contributed by atoms with E-state index < -0.39 is 10.2 Å². The summed E-state index contributed by atoms with van der Waals surface area (Å²) in [6.45, 7) is 0. The summed E-state index contributed by atoms with van der Waals surface area (Å²) in [6.07, 6.45) is 1.30. The number of hydrogen-bond donors (Lipinski definition) is 0. The smallest absolute Gasteiger partial charge is 0.269 e. The van der Waals surface area contributed by atoms with Gasteiger partial charge in [-0.15, -0.1) is 0 Å². The molecule has 0 aliphatic rings. The average Bonchev–Trinajstić information content (AvgIpc) is 2.45. The Labute approximate surface area is 120 Å². The lowest BCUT2D eigenvalue weighted by Crippen LogP contribution is -1.92. The number of nitrogens with zero attached hydrogens (tertiary/aromatic N) is 1. The molecule has 0 aliphatic heterocycles. The lowest BCUT2D eigenvalue weighted by atomic mass is 9.97. The number of halogens is 1. The van der Waals surface area contributed by atoms with E-state index in [0.717, 1.165) is 5.56 Å². The third kappa shape index (κ3) is 3.30. The second kappa shape index (κ2) is 6.12. The Morgan fingerprint density at radius 1 is 1.00 bits per heavy atom. The van der Waals surface area contributed by atoms with Crippen molar-refractivity contribution in [1.29, 1.82) is 0 Å². The third-order valence-electron chi connectivity index (χ3n) is 2.73. The Balaban J connectivity index is 2.48. The van der Waals surface area contributed by atoms with Crippen LogP contribution in [0.25, 0.3) is 5.57 Å². The number of allylic oxidation sites excluding steroid dienone is 1. The van der Waals surface area contributed by atoms with Gasteiger partial charge >= 0.3 is 0 Å². The van der Waals surface area contributed by atoms with Crippen LogP contribution in [-0.4, -0.2) is 10.2 Å². The fourth-order valence-electron chi connectivity index (χ4n) is 1.83. The molecule has 2 aromatic carbocycles. The molecule has 0 aromatic heterocycles. The number of carbonyl (C=O) groups excluding carboxylic acids is 1. The van der Waals surface area contributed by atoms with E-state index >= 15 is 0 Å². The Morgan fingerprint density at radius 3 is 2.05 bits per heavy atom. The van der Waals surface area contributed by atoms with Gasteiger partial charge in [0.05, 0.1) is 4.92 Å². The average molecular weight is 288 g/mol. The van der Waals surface area contributed by atoms with Gasteiger partial charge in [-0.3, -0.25) is 14.9 Å². The fourth-order valence-corrected chi connectivity index (χ4v) is 1.94. The molecule has 0 bridgehead atoms. The van der Waals surface area contributed by atoms with Crippen molar-refractivity contribution < 1.29 is 9.72 Å². The maximum atomic E-state index is 11.2. The molecule has 0 N–H and O–H groups in total. The van der Waals surface area contributed by atoms with E-state index in [0.29, 0.717) is 11.1 Å². The molecule has 20 heavy (non-hydrogen) atoms. The molecule has 4 nitrogen and oxygen atoms in total. The minimum atomic E-state index is -0.595.